The monoisotopic (exact) mass is 179 g/mol. The third kappa shape index (κ3) is 1.55. The van der Waals surface area contributed by atoms with Gasteiger partial charge in [-0.3, -0.25) is 0 Å². The van der Waals surface area contributed by atoms with Gasteiger partial charge in [-0.05, 0) is 12.8 Å². The van der Waals surface area contributed by atoms with Crippen molar-refractivity contribution in [3.05, 3.63) is 12.4 Å². The Labute approximate surface area is 76.9 Å². The van der Waals surface area contributed by atoms with Gasteiger partial charge >= 0.3 is 0 Å². The third-order valence-corrected chi connectivity index (χ3v) is 2.22. The minimum Gasteiger partial charge on any atom is -0.354 e. The molecule has 2 rings (SSSR count). The number of hydrazine groups is 1. The van der Waals surface area contributed by atoms with E-state index in [0.29, 0.717) is 5.82 Å². The molecule has 0 atom stereocenters. The average molecular weight is 179 g/mol. The number of hydrogen-bond donors (Lipinski definition) is 2. The van der Waals surface area contributed by atoms with Crippen LogP contribution in [-0.4, -0.2) is 23.1 Å². The molecule has 0 unspecified atom stereocenters. The van der Waals surface area contributed by atoms with Crippen LogP contribution in [-0.2, 0) is 0 Å². The Morgan fingerprint density at radius 1 is 1.23 bits per heavy atom. The second-order valence-electron chi connectivity index (χ2n) is 3.07. The Bertz CT molecular complexity index is 282. The van der Waals surface area contributed by atoms with Crippen molar-refractivity contribution in [2.24, 2.45) is 5.84 Å². The maximum atomic E-state index is 5.34. The van der Waals surface area contributed by atoms with Gasteiger partial charge in [0.15, 0.2) is 11.6 Å². The molecule has 0 aromatic carbocycles. The summed E-state index contributed by atoms with van der Waals surface area (Å²) in [6.07, 6.45) is 5.77. The van der Waals surface area contributed by atoms with Gasteiger partial charge in [-0.2, -0.15) is 0 Å². The van der Waals surface area contributed by atoms with Gasteiger partial charge in [0, 0.05) is 25.5 Å². The van der Waals surface area contributed by atoms with Crippen molar-refractivity contribution in [3.63, 3.8) is 0 Å². The number of hydrogen-bond acceptors (Lipinski definition) is 5. The normalized spacial score (nSPS) is 16.2. The van der Waals surface area contributed by atoms with E-state index in [1.807, 2.05) is 0 Å². The molecule has 5 nitrogen and oxygen atoms in total. The number of nitrogens with zero attached hydrogens (tertiary/aromatic N) is 3. The first kappa shape index (κ1) is 8.25. The minimum atomic E-state index is 0.657. The summed E-state index contributed by atoms with van der Waals surface area (Å²) < 4.78 is 0. The van der Waals surface area contributed by atoms with Crippen LogP contribution in [0.5, 0.6) is 0 Å². The molecular formula is C8H13N5. The fourth-order valence-electron chi connectivity index (χ4n) is 1.59. The van der Waals surface area contributed by atoms with Gasteiger partial charge in [-0.1, -0.05) is 0 Å². The topological polar surface area (TPSA) is 67.1 Å². The zero-order valence-corrected chi connectivity index (χ0v) is 7.40. The highest BCUT2D eigenvalue weighted by molar-refractivity contribution is 5.60. The molecule has 0 spiro atoms. The predicted octanol–water partition coefficient (Wildman–Crippen LogP) is 0.362. The molecule has 1 fully saturated rings. The molecule has 70 valence electrons. The van der Waals surface area contributed by atoms with Crippen LogP contribution in [0, 0.1) is 0 Å². The van der Waals surface area contributed by atoms with Crippen LogP contribution >= 0.6 is 0 Å². The predicted molar refractivity (Wildman–Crippen MR) is 51.3 cm³/mol. The summed E-state index contributed by atoms with van der Waals surface area (Å²) in [5.74, 6) is 6.86. The zero-order chi connectivity index (χ0) is 9.10. The van der Waals surface area contributed by atoms with Crippen LogP contribution in [0.3, 0.4) is 0 Å². The summed E-state index contributed by atoms with van der Waals surface area (Å²) in [5.41, 5.74) is 2.56. The van der Waals surface area contributed by atoms with Crippen LogP contribution in [0.1, 0.15) is 12.8 Å². The van der Waals surface area contributed by atoms with Gasteiger partial charge in [-0.25, -0.2) is 15.8 Å². The van der Waals surface area contributed by atoms with Crippen molar-refractivity contribution in [2.75, 3.05) is 23.4 Å². The first-order chi connectivity index (χ1) is 6.42. The number of aromatic nitrogens is 2. The molecule has 0 aliphatic carbocycles. The fraction of sp³-hybridized carbons (Fsp3) is 0.500. The van der Waals surface area contributed by atoms with Crippen molar-refractivity contribution in [2.45, 2.75) is 12.8 Å². The van der Waals surface area contributed by atoms with Crippen molar-refractivity contribution in [1.82, 2.24) is 9.97 Å². The summed E-state index contributed by atoms with van der Waals surface area (Å²) in [4.78, 5) is 10.6. The Hall–Kier alpha value is -1.36. The second kappa shape index (κ2) is 3.57. The van der Waals surface area contributed by atoms with Gasteiger partial charge in [0.2, 0.25) is 0 Å². The van der Waals surface area contributed by atoms with E-state index >= 15 is 0 Å². The van der Waals surface area contributed by atoms with E-state index < -0.39 is 0 Å². The maximum absolute atomic E-state index is 5.34. The van der Waals surface area contributed by atoms with E-state index in [0.717, 1.165) is 18.9 Å². The van der Waals surface area contributed by atoms with E-state index in [9.17, 15) is 0 Å². The van der Waals surface area contributed by atoms with E-state index in [1.165, 1.54) is 12.8 Å². The quantitative estimate of drug-likeness (QED) is 0.507. The molecule has 13 heavy (non-hydrogen) atoms. The highest BCUT2D eigenvalue weighted by Gasteiger charge is 2.16. The van der Waals surface area contributed by atoms with Crippen molar-refractivity contribution in [3.8, 4) is 0 Å². The van der Waals surface area contributed by atoms with E-state index in [2.05, 4.69) is 20.3 Å². The summed E-state index contributed by atoms with van der Waals surface area (Å²) in [6.45, 7) is 2.10. The summed E-state index contributed by atoms with van der Waals surface area (Å²) in [6, 6.07) is 0. The smallest absolute Gasteiger partial charge is 0.183 e. The first-order valence-corrected chi connectivity index (χ1v) is 4.44. The number of nitrogen functional groups attached to an aromatic ring is 1. The Balaban J connectivity index is 2.26. The largest absolute Gasteiger partial charge is 0.354 e. The highest BCUT2D eigenvalue weighted by Crippen LogP contribution is 2.22. The van der Waals surface area contributed by atoms with Gasteiger partial charge < -0.3 is 10.3 Å². The molecule has 1 aliphatic heterocycles. The van der Waals surface area contributed by atoms with Gasteiger partial charge in [0.25, 0.3) is 0 Å². The minimum absolute atomic E-state index is 0.657. The van der Waals surface area contributed by atoms with Gasteiger partial charge in [0.05, 0.1) is 0 Å². The van der Waals surface area contributed by atoms with Gasteiger partial charge in [-0.15, -0.1) is 0 Å². The molecule has 1 aliphatic rings. The standard InChI is InChI=1S/C8H13N5/c9-12-7-8(11-4-3-10-7)13-5-1-2-6-13/h3-4H,1-2,5-6,9H2,(H,10,12). The zero-order valence-electron chi connectivity index (χ0n) is 7.40. The lowest BCUT2D eigenvalue weighted by Gasteiger charge is -2.17. The molecule has 1 aromatic heterocycles. The van der Waals surface area contributed by atoms with Crippen molar-refractivity contribution < 1.29 is 0 Å². The average Bonchev–Trinajstić information content (AvgIpc) is 2.70. The SMILES string of the molecule is NNc1nccnc1N1CCCC1. The van der Waals surface area contributed by atoms with E-state index in [1.54, 1.807) is 12.4 Å². The van der Waals surface area contributed by atoms with Crippen molar-refractivity contribution >= 4 is 11.6 Å². The molecular weight excluding hydrogens is 166 g/mol. The van der Waals surface area contributed by atoms with E-state index in [-0.39, 0.29) is 0 Å². The van der Waals surface area contributed by atoms with Crippen LogP contribution in [0.25, 0.3) is 0 Å². The molecule has 0 saturated carbocycles. The first-order valence-electron chi connectivity index (χ1n) is 4.44. The fourth-order valence-corrected chi connectivity index (χ4v) is 1.59. The molecule has 0 amide bonds. The molecule has 5 heteroatoms. The lowest BCUT2D eigenvalue weighted by Crippen LogP contribution is -2.22. The molecule has 2 heterocycles. The van der Waals surface area contributed by atoms with Crippen LogP contribution < -0.4 is 16.2 Å². The van der Waals surface area contributed by atoms with E-state index in [4.69, 9.17) is 5.84 Å². The summed E-state index contributed by atoms with van der Waals surface area (Å²) >= 11 is 0. The molecule has 3 N–H and O–H groups in total. The maximum Gasteiger partial charge on any atom is 0.183 e. The van der Waals surface area contributed by atoms with Crippen LogP contribution in [0.4, 0.5) is 11.6 Å². The Morgan fingerprint density at radius 3 is 2.62 bits per heavy atom. The summed E-state index contributed by atoms with van der Waals surface area (Å²) in [5, 5.41) is 0. The number of nitrogens with two attached hydrogens (primary N) is 1. The highest BCUT2D eigenvalue weighted by atomic mass is 15.3. The number of nitrogens with one attached hydrogen (secondary N) is 1. The number of anilines is 2. The lowest BCUT2D eigenvalue weighted by atomic mass is 10.4. The Kier molecular flexibility index (Phi) is 2.27. The lowest BCUT2D eigenvalue weighted by molar-refractivity contribution is 0.926. The second-order valence-corrected chi connectivity index (χ2v) is 3.07. The Morgan fingerprint density at radius 2 is 1.92 bits per heavy atom. The van der Waals surface area contributed by atoms with Crippen molar-refractivity contribution in [1.29, 1.82) is 0 Å². The number of rotatable bonds is 2. The molecule has 0 radical (unpaired) electrons. The van der Waals surface area contributed by atoms with Crippen LogP contribution in [0.15, 0.2) is 12.4 Å². The van der Waals surface area contributed by atoms with Crippen LogP contribution in [0.2, 0.25) is 0 Å². The molecule has 0 bridgehead atoms. The molecule has 1 aromatic rings. The summed E-state index contributed by atoms with van der Waals surface area (Å²) in [7, 11) is 0. The van der Waals surface area contributed by atoms with Gasteiger partial charge in [0.1, 0.15) is 0 Å². The molecule has 1 saturated heterocycles. The third-order valence-electron chi connectivity index (χ3n) is 2.22.